The molecule has 0 spiro atoms. The number of aliphatic hydroxyl groups excluding tert-OH is 1. The summed E-state index contributed by atoms with van der Waals surface area (Å²) in [5.41, 5.74) is 1.93. The van der Waals surface area contributed by atoms with Crippen molar-refractivity contribution in [1.82, 2.24) is 4.98 Å². The van der Waals surface area contributed by atoms with Gasteiger partial charge in [0.2, 0.25) is 5.88 Å². The van der Waals surface area contributed by atoms with Gasteiger partial charge in [0.1, 0.15) is 0 Å². The molecule has 2 aromatic heterocycles. The lowest BCUT2D eigenvalue weighted by Crippen LogP contribution is -2.02. The van der Waals surface area contributed by atoms with E-state index in [1.165, 1.54) is 5.56 Å². The van der Waals surface area contributed by atoms with Crippen molar-refractivity contribution >= 4 is 11.3 Å². The van der Waals surface area contributed by atoms with Gasteiger partial charge < -0.3 is 9.84 Å². The first kappa shape index (κ1) is 12.1. The number of hydrogen-bond acceptors (Lipinski definition) is 4. The van der Waals surface area contributed by atoms with Gasteiger partial charge in [0, 0.05) is 6.07 Å². The molecule has 2 aromatic rings. The fourth-order valence-corrected chi connectivity index (χ4v) is 2.32. The summed E-state index contributed by atoms with van der Waals surface area (Å²) in [6, 6.07) is 7.52. The van der Waals surface area contributed by atoms with Crippen molar-refractivity contribution in [3.8, 4) is 5.88 Å². The zero-order chi connectivity index (χ0) is 12.1. The lowest BCUT2D eigenvalue weighted by molar-refractivity contribution is 0.162. The molecule has 0 amide bonds. The number of hydrogen-bond donors (Lipinski definition) is 1. The van der Waals surface area contributed by atoms with E-state index in [9.17, 15) is 5.11 Å². The van der Waals surface area contributed by atoms with Crippen LogP contribution in [-0.4, -0.2) is 17.2 Å². The Labute approximate surface area is 105 Å². The average Bonchev–Trinajstić information content (AvgIpc) is 2.89. The van der Waals surface area contributed by atoms with Gasteiger partial charge in [0.15, 0.2) is 0 Å². The fraction of sp³-hybridized carbons (Fsp3) is 0.308. The maximum atomic E-state index is 10.0. The van der Waals surface area contributed by atoms with Crippen molar-refractivity contribution in [1.29, 1.82) is 0 Å². The highest BCUT2D eigenvalue weighted by Crippen LogP contribution is 2.20. The van der Waals surface area contributed by atoms with Crippen LogP contribution in [0.1, 0.15) is 23.8 Å². The molecule has 0 saturated heterocycles. The zero-order valence-corrected chi connectivity index (χ0v) is 10.5. The Balaban J connectivity index is 1.96. The summed E-state index contributed by atoms with van der Waals surface area (Å²) in [6.07, 6.45) is 1.01. The van der Waals surface area contributed by atoms with Gasteiger partial charge in [-0.2, -0.15) is 11.3 Å². The van der Waals surface area contributed by atoms with E-state index in [0.717, 1.165) is 6.42 Å². The van der Waals surface area contributed by atoms with Crippen molar-refractivity contribution in [3.05, 3.63) is 46.3 Å². The summed E-state index contributed by atoms with van der Waals surface area (Å²) in [5.74, 6) is 0.539. The van der Waals surface area contributed by atoms with E-state index in [1.807, 2.05) is 17.5 Å². The van der Waals surface area contributed by atoms with Gasteiger partial charge in [-0.1, -0.05) is 6.07 Å². The van der Waals surface area contributed by atoms with Crippen LogP contribution in [0, 0.1) is 0 Å². The summed E-state index contributed by atoms with van der Waals surface area (Å²) in [7, 11) is 1.57. The number of rotatable bonds is 5. The third-order valence-corrected chi connectivity index (χ3v) is 3.31. The van der Waals surface area contributed by atoms with E-state index in [0.29, 0.717) is 18.0 Å². The number of nitrogens with zero attached hydrogens (tertiary/aromatic N) is 1. The van der Waals surface area contributed by atoms with Crippen LogP contribution in [0.25, 0.3) is 0 Å². The molecule has 0 aliphatic heterocycles. The van der Waals surface area contributed by atoms with Crippen LogP contribution in [0.3, 0.4) is 0 Å². The van der Waals surface area contributed by atoms with Gasteiger partial charge in [0.25, 0.3) is 0 Å². The number of aryl methyl sites for hydroxylation is 1. The third kappa shape index (κ3) is 3.28. The molecule has 0 bridgehead atoms. The van der Waals surface area contributed by atoms with Crippen LogP contribution in [0.15, 0.2) is 35.0 Å². The number of thiophene rings is 1. The molecule has 1 unspecified atom stereocenters. The Morgan fingerprint density at radius 3 is 3.00 bits per heavy atom. The molecule has 4 heteroatoms. The molecular formula is C13H15NO2S. The van der Waals surface area contributed by atoms with Gasteiger partial charge in [-0.25, -0.2) is 4.98 Å². The van der Waals surface area contributed by atoms with Crippen LogP contribution < -0.4 is 4.74 Å². The maximum Gasteiger partial charge on any atom is 0.213 e. The molecule has 2 heterocycles. The molecule has 0 aromatic carbocycles. The first-order chi connectivity index (χ1) is 8.29. The minimum atomic E-state index is -0.537. The second-order valence-corrected chi connectivity index (χ2v) is 4.57. The van der Waals surface area contributed by atoms with Crippen molar-refractivity contribution in [2.24, 2.45) is 0 Å². The molecule has 1 atom stereocenters. The topological polar surface area (TPSA) is 42.4 Å². The third-order valence-electron chi connectivity index (χ3n) is 2.58. The van der Waals surface area contributed by atoms with Crippen LogP contribution >= 0.6 is 11.3 Å². The maximum absolute atomic E-state index is 10.0. The second kappa shape index (κ2) is 5.80. The Bertz CT molecular complexity index is 456. The molecule has 3 nitrogen and oxygen atoms in total. The van der Waals surface area contributed by atoms with Crippen LogP contribution in [0.2, 0.25) is 0 Å². The molecule has 0 saturated carbocycles. The van der Waals surface area contributed by atoms with Gasteiger partial charge in [-0.05, 0) is 41.3 Å². The Hall–Kier alpha value is -1.39. The number of aromatic nitrogens is 1. The fourth-order valence-electron chi connectivity index (χ4n) is 1.62. The first-order valence-electron chi connectivity index (χ1n) is 5.49. The van der Waals surface area contributed by atoms with Crippen LogP contribution in [0.4, 0.5) is 0 Å². The van der Waals surface area contributed by atoms with Crippen LogP contribution in [-0.2, 0) is 6.42 Å². The molecule has 1 N–H and O–H groups in total. The van der Waals surface area contributed by atoms with Gasteiger partial charge in [-0.3, -0.25) is 0 Å². The molecule has 17 heavy (non-hydrogen) atoms. The second-order valence-electron chi connectivity index (χ2n) is 3.79. The lowest BCUT2D eigenvalue weighted by Gasteiger charge is -2.10. The minimum Gasteiger partial charge on any atom is -0.481 e. The summed E-state index contributed by atoms with van der Waals surface area (Å²) < 4.78 is 5.03. The SMILES string of the molecule is COc1cccc(C(O)CCc2ccsc2)n1. The quantitative estimate of drug-likeness (QED) is 0.886. The predicted octanol–water partition coefficient (Wildman–Crippen LogP) is 2.82. The Morgan fingerprint density at radius 2 is 2.29 bits per heavy atom. The highest BCUT2D eigenvalue weighted by atomic mass is 32.1. The smallest absolute Gasteiger partial charge is 0.213 e. The van der Waals surface area contributed by atoms with E-state index in [-0.39, 0.29) is 0 Å². The van der Waals surface area contributed by atoms with Crippen molar-refractivity contribution in [3.63, 3.8) is 0 Å². The van der Waals surface area contributed by atoms with Gasteiger partial charge in [-0.15, -0.1) is 0 Å². The highest BCUT2D eigenvalue weighted by molar-refractivity contribution is 7.07. The van der Waals surface area contributed by atoms with Crippen molar-refractivity contribution in [2.75, 3.05) is 7.11 Å². The standard InChI is InChI=1S/C13H15NO2S/c1-16-13-4-2-3-11(14-13)12(15)6-5-10-7-8-17-9-10/h2-4,7-9,12,15H,5-6H2,1H3. The summed E-state index contributed by atoms with van der Waals surface area (Å²) in [5, 5.41) is 14.2. The molecule has 0 aliphatic carbocycles. The monoisotopic (exact) mass is 249 g/mol. The summed E-state index contributed by atoms with van der Waals surface area (Å²) in [4.78, 5) is 4.22. The summed E-state index contributed by atoms with van der Waals surface area (Å²) in [6.45, 7) is 0. The number of pyridine rings is 1. The van der Waals surface area contributed by atoms with E-state index >= 15 is 0 Å². The van der Waals surface area contributed by atoms with E-state index in [4.69, 9.17) is 4.74 Å². The Morgan fingerprint density at radius 1 is 1.41 bits per heavy atom. The van der Waals surface area contributed by atoms with E-state index in [2.05, 4.69) is 16.4 Å². The predicted molar refractivity (Wildman–Crippen MR) is 68.4 cm³/mol. The van der Waals surface area contributed by atoms with Crippen LogP contribution in [0.5, 0.6) is 5.88 Å². The number of ether oxygens (including phenoxy) is 1. The number of aliphatic hydroxyl groups is 1. The average molecular weight is 249 g/mol. The summed E-state index contributed by atoms with van der Waals surface area (Å²) >= 11 is 1.68. The van der Waals surface area contributed by atoms with Gasteiger partial charge >= 0.3 is 0 Å². The number of methoxy groups -OCH3 is 1. The molecule has 2 rings (SSSR count). The molecule has 90 valence electrons. The van der Waals surface area contributed by atoms with E-state index in [1.54, 1.807) is 24.5 Å². The molecule has 0 radical (unpaired) electrons. The highest BCUT2D eigenvalue weighted by Gasteiger charge is 2.10. The Kier molecular flexibility index (Phi) is 4.12. The molecule has 0 aliphatic rings. The van der Waals surface area contributed by atoms with Crippen molar-refractivity contribution in [2.45, 2.75) is 18.9 Å². The minimum absolute atomic E-state index is 0.537. The largest absolute Gasteiger partial charge is 0.481 e. The molecular weight excluding hydrogens is 234 g/mol. The zero-order valence-electron chi connectivity index (χ0n) is 9.67. The molecule has 0 fully saturated rings. The normalized spacial score (nSPS) is 12.4. The van der Waals surface area contributed by atoms with Crippen molar-refractivity contribution < 1.29 is 9.84 Å². The van der Waals surface area contributed by atoms with E-state index < -0.39 is 6.10 Å². The van der Waals surface area contributed by atoms with Gasteiger partial charge in [0.05, 0.1) is 18.9 Å². The first-order valence-corrected chi connectivity index (χ1v) is 6.44. The lowest BCUT2D eigenvalue weighted by atomic mass is 10.1.